The maximum atomic E-state index is 12.3. The van der Waals surface area contributed by atoms with Crippen LogP contribution in [0.25, 0.3) is 0 Å². The van der Waals surface area contributed by atoms with E-state index in [1.54, 1.807) is 13.2 Å². The zero-order chi connectivity index (χ0) is 21.9. The third kappa shape index (κ3) is 7.31. The Balaban J connectivity index is 1.53. The summed E-state index contributed by atoms with van der Waals surface area (Å²) in [5, 5.41) is 0. The Morgan fingerprint density at radius 1 is 1.13 bits per heavy atom. The largest absolute Gasteiger partial charge is 0.382 e. The molecule has 0 bridgehead atoms. The Labute approximate surface area is 186 Å². The van der Waals surface area contributed by atoms with E-state index in [1.165, 1.54) is 24.1 Å². The zero-order valence-electron chi connectivity index (χ0n) is 18.8. The minimum atomic E-state index is -0.0137. The molecule has 172 valence electrons. The molecule has 3 rings (SSSR count). The van der Waals surface area contributed by atoms with Crippen molar-refractivity contribution in [3.05, 3.63) is 42.5 Å². The number of anilines is 1. The van der Waals surface area contributed by atoms with Gasteiger partial charge in [0.15, 0.2) is 0 Å². The van der Waals surface area contributed by atoms with Crippen LogP contribution in [-0.2, 0) is 19.0 Å². The smallest absolute Gasteiger partial charge is 0.248 e. The first-order valence-corrected chi connectivity index (χ1v) is 11.4. The van der Waals surface area contributed by atoms with E-state index >= 15 is 0 Å². The van der Waals surface area contributed by atoms with Crippen molar-refractivity contribution in [2.24, 2.45) is 0 Å². The number of ether oxygens (including phenoxy) is 3. The molecule has 1 unspecified atom stereocenters. The van der Waals surface area contributed by atoms with Crippen LogP contribution < -0.4 is 4.90 Å². The van der Waals surface area contributed by atoms with Crippen LogP contribution in [0, 0.1) is 0 Å². The van der Waals surface area contributed by atoms with Gasteiger partial charge in [-0.1, -0.05) is 18.2 Å². The number of benzene rings is 1. The van der Waals surface area contributed by atoms with E-state index in [-0.39, 0.29) is 18.6 Å². The number of piperazine rings is 1. The van der Waals surface area contributed by atoms with Crippen molar-refractivity contribution in [3.63, 3.8) is 0 Å². The van der Waals surface area contributed by atoms with E-state index in [2.05, 4.69) is 40.6 Å². The Bertz CT molecular complexity index is 685. The maximum Gasteiger partial charge on any atom is 0.248 e. The van der Waals surface area contributed by atoms with Crippen molar-refractivity contribution >= 4 is 11.6 Å². The molecule has 0 aromatic heterocycles. The van der Waals surface area contributed by atoms with Gasteiger partial charge in [-0.3, -0.25) is 9.69 Å². The number of carbonyl (C=O) groups is 1. The highest BCUT2D eigenvalue weighted by Crippen LogP contribution is 2.26. The Hall–Kier alpha value is -1.93. The van der Waals surface area contributed by atoms with Gasteiger partial charge in [-0.15, -0.1) is 6.58 Å². The molecule has 0 radical (unpaired) electrons. The van der Waals surface area contributed by atoms with E-state index in [0.717, 1.165) is 32.7 Å². The summed E-state index contributed by atoms with van der Waals surface area (Å²) in [5.74, 6) is 0.0496. The summed E-state index contributed by atoms with van der Waals surface area (Å²) in [6.45, 7) is 11.6. The van der Waals surface area contributed by atoms with E-state index in [4.69, 9.17) is 14.2 Å². The zero-order valence-corrected chi connectivity index (χ0v) is 18.8. The Kier molecular flexibility index (Phi) is 9.81. The minimum absolute atomic E-state index is 0.0137. The summed E-state index contributed by atoms with van der Waals surface area (Å²) in [6.07, 6.45) is 4.32. The van der Waals surface area contributed by atoms with Gasteiger partial charge < -0.3 is 24.0 Å². The van der Waals surface area contributed by atoms with Gasteiger partial charge in [-0.05, 0) is 30.5 Å². The molecule has 1 aromatic carbocycles. The van der Waals surface area contributed by atoms with Crippen LogP contribution in [0.4, 0.5) is 5.69 Å². The maximum absolute atomic E-state index is 12.3. The first-order chi connectivity index (χ1) is 15.2. The monoisotopic (exact) mass is 431 g/mol. The van der Waals surface area contributed by atoms with Crippen molar-refractivity contribution in [1.29, 1.82) is 0 Å². The number of methoxy groups -OCH3 is 1. The van der Waals surface area contributed by atoms with Crippen molar-refractivity contribution in [2.75, 3.05) is 84.3 Å². The molecule has 31 heavy (non-hydrogen) atoms. The molecule has 1 aromatic rings. The lowest BCUT2D eigenvalue weighted by atomic mass is 10.1. The summed E-state index contributed by atoms with van der Waals surface area (Å²) in [4.78, 5) is 19.0. The Morgan fingerprint density at radius 2 is 1.90 bits per heavy atom. The average molecular weight is 432 g/mol. The fourth-order valence-corrected chi connectivity index (χ4v) is 4.14. The van der Waals surface area contributed by atoms with E-state index < -0.39 is 0 Å². The third-order valence-corrected chi connectivity index (χ3v) is 5.93. The summed E-state index contributed by atoms with van der Waals surface area (Å²) in [5.41, 5.74) is 2.49. The molecule has 7 nitrogen and oxygen atoms in total. The highest BCUT2D eigenvalue weighted by molar-refractivity contribution is 5.77. The van der Waals surface area contributed by atoms with E-state index in [0.29, 0.717) is 32.9 Å². The fourth-order valence-electron chi connectivity index (χ4n) is 4.14. The predicted octanol–water partition coefficient (Wildman–Crippen LogP) is 2.34. The van der Waals surface area contributed by atoms with E-state index in [1.807, 2.05) is 4.90 Å². The molecule has 0 saturated carbocycles. The first-order valence-electron chi connectivity index (χ1n) is 11.4. The molecule has 1 atom stereocenters. The van der Waals surface area contributed by atoms with Crippen LogP contribution >= 0.6 is 0 Å². The van der Waals surface area contributed by atoms with Gasteiger partial charge in [0.1, 0.15) is 6.61 Å². The van der Waals surface area contributed by atoms with Crippen molar-refractivity contribution in [1.82, 2.24) is 9.80 Å². The predicted molar refractivity (Wildman–Crippen MR) is 122 cm³/mol. The lowest BCUT2D eigenvalue weighted by molar-refractivity contribution is -0.138. The molecule has 1 amide bonds. The summed E-state index contributed by atoms with van der Waals surface area (Å²) in [7, 11) is 1.62. The molecular formula is C24H37N3O4. The molecule has 7 heteroatoms. The van der Waals surface area contributed by atoms with Crippen LogP contribution in [-0.4, -0.2) is 95.1 Å². The number of rotatable bonds is 12. The Morgan fingerprint density at radius 3 is 2.61 bits per heavy atom. The number of nitrogens with zero attached hydrogens (tertiary/aromatic N) is 3. The fraction of sp³-hybridized carbons (Fsp3) is 0.625. The van der Waals surface area contributed by atoms with Gasteiger partial charge in [-0.2, -0.15) is 0 Å². The van der Waals surface area contributed by atoms with Crippen LogP contribution in [0.15, 0.2) is 36.9 Å². The summed E-state index contributed by atoms with van der Waals surface area (Å²) < 4.78 is 16.5. The average Bonchev–Trinajstić information content (AvgIpc) is 3.35. The lowest BCUT2D eigenvalue weighted by Crippen LogP contribution is -2.50. The molecule has 0 aliphatic carbocycles. The van der Waals surface area contributed by atoms with Gasteiger partial charge in [0.2, 0.25) is 5.91 Å². The van der Waals surface area contributed by atoms with Gasteiger partial charge in [0, 0.05) is 58.6 Å². The quantitative estimate of drug-likeness (QED) is 0.374. The molecule has 2 heterocycles. The minimum Gasteiger partial charge on any atom is -0.382 e. The van der Waals surface area contributed by atoms with Gasteiger partial charge in [0.25, 0.3) is 0 Å². The summed E-state index contributed by atoms with van der Waals surface area (Å²) in [6, 6.07) is 8.76. The number of hydrogen-bond donors (Lipinski definition) is 0. The molecule has 2 fully saturated rings. The molecule has 0 N–H and O–H groups in total. The van der Waals surface area contributed by atoms with Crippen molar-refractivity contribution < 1.29 is 19.0 Å². The molecular weight excluding hydrogens is 394 g/mol. The molecule has 0 spiro atoms. The second-order valence-electron chi connectivity index (χ2n) is 8.13. The van der Waals surface area contributed by atoms with E-state index in [9.17, 15) is 4.79 Å². The highest BCUT2D eigenvalue weighted by atomic mass is 16.5. The van der Waals surface area contributed by atoms with Gasteiger partial charge >= 0.3 is 0 Å². The van der Waals surface area contributed by atoms with Gasteiger partial charge in [0.05, 0.1) is 25.9 Å². The topological polar surface area (TPSA) is 54.5 Å². The highest BCUT2D eigenvalue weighted by Gasteiger charge is 2.24. The standard InChI is InChI=1S/C24H37N3O4/c1-3-15-31-23(21-7-6-8-22(18-21)26-9-4-5-10-26)19-25-11-13-27(14-12-25)24(28)20-30-17-16-29-2/h3,6-8,18,23H,1,4-5,9-17,19-20H2,2H3. The third-order valence-electron chi connectivity index (χ3n) is 5.93. The second-order valence-corrected chi connectivity index (χ2v) is 8.13. The van der Waals surface area contributed by atoms with Crippen molar-refractivity contribution in [2.45, 2.75) is 18.9 Å². The SMILES string of the molecule is C=CCOC(CN1CCN(C(=O)COCCOC)CC1)c1cccc(N2CCCC2)c1. The number of hydrogen-bond acceptors (Lipinski definition) is 6. The normalized spacial score (nSPS) is 18.4. The molecule has 2 aliphatic rings. The van der Waals surface area contributed by atoms with Crippen molar-refractivity contribution in [3.8, 4) is 0 Å². The summed E-state index contributed by atoms with van der Waals surface area (Å²) >= 11 is 0. The van der Waals surface area contributed by atoms with Crippen LogP contribution in [0.1, 0.15) is 24.5 Å². The van der Waals surface area contributed by atoms with Crippen LogP contribution in [0.2, 0.25) is 0 Å². The van der Waals surface area contributed by atoms with Crippen LogP contribution in [0.5, 0.6) is 0 Å². The second kappa shape index (κ2) is 12.8. The number of carbonyl (C=O) groups excluding carboxylic acids is 1. The number of amides is 1. The molecule has 2 saturated heterocycles. The molecule has 2 aliphatic heterocycles. The lowest BCUT2D eigenvalue weighted by Gasteiger charge is -2.36. The van der Waals surface area contributed by atoms with Crippen LogP contribution in [0.3, 0.4) is 0 Å². The van der Waals surface area contributed by atoms with Gasteiger partial charge in [-0.25, -0.2) is 0 Å². The first kappa shape index (κ1) is 23.7.